The Balaban J connectivity index is 2.25. The molecule has 0 saturated heterocycles. The molecule has 0 aromatic carbocycles. The van der Waals surface area contributed by atoms with E-state index in [9.17, 15) is 4.79 Å². The molecular formula is C11H20N4O. The van der Waals surface area contributed by atoms with Crippen LogP contribution < -0.4 is 5.73 Å². The van der Waals surface area contributed by atoms with Gasteiger partial charge in [0, 0.05) is 37.8 Å². The summed E-state index contributed by atoms with van der Waals surface area (Å²) in [5.74, 6) is 0.154. The van der Waals surface area contributed by atoms with Crippen LogP contribution in [0, 0.1) is 0 Å². The highest BCUT2D eigenvalue weighted by Crippen LogP contribution is 2.05. The summed E-state index contributed by atoms with van der Waals surface area (Å²) in [6.45, 7) is 2.56. The van der Waals surface area contributed by atoms with E-state index in [0.717, 1.165) is 18.4 Å². The number of amides is 1. The SMILES string of the molecule is CC(N)CCCC(=O)N(C)Cc1cn[nH]c1. The Morgan fingerprint density at radius 2 is 2.44 bits per heavy atom. The van der Waals surface area contributed by atoms with Gasteiger partial charge in [0.2, 0.25) is 5.91 Å². The van der Waals surface area contributed by atoms with E-state index in [0.29, 0.717) is 13.0 Å². The van der Waals surface area contributed by atoms with E-state index < -0.39 is 0 Å². The van der Waals surface area contributed by atoms with E-state index in [-0.39, 0.29) is 11.9 Å². The fourth-order valence-corrected chi connectivity index (χ4v) is 1.49. The maximum Gasteiger partial charge on any atom is 0.222 e. The molecule has 1 unspecified atom stereocenters. The first-order valence-corrected chi connectivity index (χ1v) is 5.57. The van der Waals surface area contributed by atoms with Gasteiger partial charge in [-0.05, 0) is 19.8 Å². The molecule has 1 aromatic heterocycles. The lowest BCUT2D eigenvalue weighted by Crippen LogP contribution is -2.26. The second-order valence-corrected chi connectivity index (χ2v) is 4.23. The molecule has 0 aliphatic heterocycles. The zero-order valence-corrected chi connectivity index (χ0v) is 9.94. The molecule has 90 valence electrons. The van der Waals surface area contributed by atoms with Crippen molar-refractivity contribution in [1.29, 1.82) is 0 Å². The fraction of sp³-hybridized carbons (Fsp3) is 0.636. The van der Waals surface area contributed by atoms with Crippen LogP contribution in [0.3, 0.4) is 0 Å². The van der Waals surface area contributed by atoms with Gasteiger partial charge in [-0.25, -0.2) is 0 Å². The van der Waals surface area contributed by atoms with E-state index in [1.807, 2.05) is 6.92 Å². The van der Waals surface area contributed by atoms with Crippen LogP contribution >= 0.6 is 0 Å². The first-order valence-electron chi connectivity index (χ1n) is 5.57. The number of H-pyrrole nitrogens is 1. The molecule has 0 aliphatic rings. The summed E-state index contributed by atoms with van der Waals surface area (Å²) in [4.78, 5) is 13.4. The van der Waals surface area contributed by atoms with E-state index in [1.165, 1.54) is 0 Å². The average molecular weight is 224 g/mol. The third kappa shape index (κ3) is 4.44. The fourth-order valence-electron chi connectivity index (χ4n) is 1.49. The van der Waals surface area contributed by atoms with E-state index >= 15 is 0 Å². The lowest BCUT2D eigenvalue weighted by Gasteiger charge is -2.16. The summed E-state index contributed by atoms with van der Waals surface area (Å²) < 4.78 is 0. The molecule has 0 bridgehead atoms. The minimum absolute atomic E-state index is 0.154. The molecule has 0 fully saturated rings. The molecular weight excluding hydrogens is 204 g/mol. The third-order valence-electron chi connectivity index (χ3n) is 2.45. The largest absolute Gasteiger partial charge is 0.341 e. The number of nitrogens with one attached hydrogen (secondary N) is 1. The monoisotopic (exact) mass is 224 g/mol. The molecule has 16 heavy (non-hydrogen) atoms. The molecule has 0 spiro atoms. The van der Waals surface area contributed by atoms with Crippen molar-refractivity contribution in [3.63, 3.8) is 0 Å². The smallest absolute Gasteiger partial charge is 0.222 e. The van der Waals surface area contributed by atoms with Crippen molar-refractivity contribution in [3.05, 3.63) is 18.0 Å². The van der Waals surface area contributed by atoms with Crippen LogP contribution in [-0.4, -0.2) is 34.1 Å². The maximum absolute atomic E-state index is 11.7. The number of aromatic amines is 1. The van der Waals surface area contributed by atoms with E-state index in [4.69, 9.17) is 5.73 Å². The van der Waals surface area contributed by atoms with Crippen LogP contribution in [0.2, 0.25) is 0 Å². The van der Waals surface area contributed by atoms with Gasteiger partial charge in [0.05, 0.1) is 6.20 Å². The number of carbonyl (C=O) groups excluding carboxylic acids is 1. The third-order valence-corrected chi connectivity index (χ3v) is 2.45. The molecule has 3 N–H and O–H groups in total. The zero-order valence-electron chi connectivity index (χ0n) is 9.94. The van der Waals surface area contributed by atoms with Gasteiger partial charge in [-0.1, -0.05) is 0 Å². The molecule has 0 radical (unpaired) electrons. The minimum Gasteiger partial charge on any atom is -0.341 e. The summed E-state index contributed by atoms with van der Waals surface area (Å²) >= 11 is 0. The van der Waals surface area contributed by atoms with Crippen LogP contribution in [0.5, 0.6) is 0 Å². The van der Waals surface area contributed by atoms with Crippen molar-refractivity contribution >= 4 is 5.91 Å². The Kier molecular flexibility index (Phi) is 4.98. The van der Waals surface area contributed by atoms with Crippen molar-refractivity contribution in [2.24, 2.45) is 5.73 Å². The summed E-state index contributed by atoms with van der Waals surface area (Å²) in [5, 5.41) is 6.57. The number of nitrogens with zero attached hydrogens (tertiary/aromatic N) is 2. The molecule has 1 amide bonds. The van der Waals surface area contributed by atoms with Gasteiger partial charge in [0.1, 0.15) is 0 Å². The topological polar surface area (TPSA) is 75.0 Å². The summed E-state index contributed by atoms with van der Waals surface area (Å²) in [6.07, 6.45) is 5.84. The first-order chi connectivity index (χ1) is 7.59. The highest BCUT2D eigenvalue weighted by molar-refractivity contribution is 5.75. The highest BCUT2D eigenvalue weighted by Gasteiger charge is 2.09. The van der Waals surface area contributed by atoms with Crippen LogP contribution in [-0.2, 0) is 11.3 Å². The average Bonchev–Trinajstić information content (AvgIpc) is 2.69. The molecule has 5 heteroatoms. The number of hydrogen-bond donors (Lipinski definition) is 2. The van der Waals surface area contributed by atoms with Crippen molar-refractivity contribution in [3.8, 4) is 0 Å². The first kappa shape index (κ1) is 12.7. The number of aromatic nitrogens is 2. The summed E-state index contributed by atoms with van der Waals surface area (Å²) in [5.41, 5.74) is 6.64. The quantitative estimate of drug-likeness (QED) is 0.753. The highest BCUT2D eigenvalue weighted by atomic mass is 16.2. The van der Waals surface area contributed by atoms with Crippen LogP contribution in [0.25, 0.3) is 0 Å². The Morgan fingerprint density at radius 1 is 1.69 bits per heavy atom. The number of rotatable bonds is 6. The zero-order chi connectivity index (χ0) is 12.0. The maximum atomic E-state index is 11.7. The molecule has 1 atom stereocenters. The number of nitrogens with two attached hydrogens (primary N) is 1. The Bertz CT molecular complexity index is 308. The molecule has 1 aromatic rings. The van der Waals surface area contributed by atoms with Crippen LogP contribution in [0.1, 0.15) is 31.7 Å². The van der Waals surface area contributed by atoms with E-state index in [2.05, 4.69) is 10.2 Å². The van der Waals surface area contributed by atoms with E-state index in [1.54, 1.807) is 24.3 Å². The molecule has 1 heterocycles. The molecule has 0 aliphatic carbocycles. The molecule has 0 saturated carbocycles. The lowest BCUT2D eigenvalue weighted by molar-refractivity contribution is -0.130. The van der Waals surface area contributed by atoms with Gasteiger partial charge in [0.15, 0.2) is 0 Å². The van der Waals surface area contributed by atoms with Gasteiger partial charge in [-0.2, -0.15) is 5.10 Å². The lowest BCUT2D eigenvalue weighted by atomic mass is 10.1. The van der Waals surface area contributed by atoms with Crippen molar-refractivity contribution < 1.29 is 4.79 Å². The van der Waals surface area contributed by atoms with Gasteiger partial charge in [-0.3, -0.25) is 9.89 Å². The van der Waals surface area contributed by atoms with Gasteiger partial charge in [0.25, 0.3) is 0 Å². The Hall–Kier alpha value is -1.36. The minimum atomic E-state index is 0.154. The number of hydrogen-bond acceptors (Lipinski definition) is 3. The molecule has 1 rings (SSSR count). The van der Waals surface area contributed by atoms with Crippen LogP contribution in [0.15, 0.2) is 12.4 Å². The Labute approximate surface area is 96.0 Å². The normalized spacial score (nSPS) is 12.4. The summed E-state index contributed by atoms with van der Waals surface area (Å²) in [6, 6.07) is 0.173. The Morgan fingerprint density at radius 3 is 3.00 bits per heavy atom. The second kappa shape index (κ2) is 6.27. The van der Waals surface area contributed by atoms with Gasteiger partial charge < -0.3 is 10.6 Å². The van der Waals surface area contributed by atoms with Crippen molar-refractivity contribution in [1.82, 2.24) is 15.1 Å². The van der Waals surface area contributed by atoms with Crippen molar-refractivity contribution in [2.45, 2.75) is 38.8 Å². The van der Waals surface area contributed by atoms with Crippen LogP contribution in [0.4, 0.5) is 0 Å². The number of carbonyl (C=O) groups is 1. The molecule has 5 nitrogen and oxygen atoms in total. The van der Waals surface area contributed by atoms with Gasteiger partial charge >= 0.3 is 0 Å². The predicted octanol–water partition coefficient (Wildman–Crippen LogP) is 0.886. The standard InChI is InChI=1S/C11H20N4O/c1-9(12)4-3-5-11(16)15(2)8-10-6-13-14-7-10/h6-7,9H,3-5,8,12H2,1-2H3,(H,13,14). The van der Waals surface area contributed by atoms with Gasteiger partial charge in [-0.15, -0.1) is 0 Å². The second-order valence-electron chi connectivity index (χ2n) is 4.23. The summed E-state index contributed by atoms with van der Waals surface area (Å²) in [7, 11) is 1.81. The van der Waals surface area contributed by atoms with Crippen molar-refractivity contribution in [2.75, 3.05) is 7.05 Å². The predicted molar refractivity (Wildman–Crippen MR) is 62.6 cm³/mol.